The van der Waals surface area contributed by atoms with Crippen molar-refractivity contribution in [3.8, 4) is 11.6 Å². The molecule has 0 radical (unpaired) electrons. The van der Waals surface area contributed by atoms with Crippen LogP contribution < -0.4 is 9.46 Å². The molecule has 0 aliphatic rings. The number of aryl methyl sites for hydroxylation is 2. The fourth-order valence-corrected chi connectivity index (χ4v) is 4.54. The lowest BCUT2D eigenvalue weighted by Crippen LogP contribution is -2.17. The van der Waals surface area contributed by atoms with Gasteiger partial charge in [-0.1, -0.05) is 12.1 Å². The Morgan fingerprint density at radius 1 is 0.963 bits per heavy atom. The Hall–Kier alpha value is -2.93. The molecule has 140 valence electrons. The summed E-state index contributed by atoms with van der Waals surface area (Å²) < 4.78 is 34.4. The summed E-state index contributed by atoms with van der Waals surface area (Å²) in [5, 5.41) is 0. The van der Waals surface area contributed by atoms with Crippen molar-refractivity contribution in [2.45, 2.75) is 32.6 Å². The molecule has 0 unspecified atom stereocenters. The highest BCUT2D eigenvalue weighted by Crippen LogP contribution is 2.29. The van der Waals surface area contributed by atoms with Crippen molar-refractivity contribution in [2.75, 3.05) is 4.72 Å². The van der Waals surface area contributed by atoms with Gasteiger partial charge in [0.25, 0.3) is 10.0 Å². The Morgan fingerprint density at radius 3 is 2.30 bits per heavy atom. The molecule has 0 saturated carbocycles. The highest BCUT2D eigenvalue weighted by molar-refractivity contribution is 7.92. The lowest BCUT2D eigenvalue weighted by molar-refractivity contribution is 0.460. The lowest BCUT2D eigenvalue weighted by Gasteiger charge is -2.17. The maximum Gasteiger partial charge on any atom is 0.262 e. The van der Waals surface area contributed by atoms with Crippen LogP contribution >= 0.6 is 0 Å². The number of anilines is 1. The second-order valence-electron chi connectivity index (χ2n) is 6.37. The van der Waals surface area contributed by atoms with Gasteiger partial charge in [-0.15, -0.1) is 0 Å². The third-order valence-corrected chi connectivity index (χ3v) is 6.07. The molecule has 27 heavy (non-hydrogen) atoms. The maximum atomic E-state index is 13.0. The highest BCUT2D eigenvalue weighted by Gasteiger charge is 2.22. The molecule has 7 heteroatoms. The Morgan fingerprint density at radius 2 is 1.67 bits per heavy atom. The molecule has 3 rings (SSSR count). The van der Waals surface area contributed by atoms with E-state index >= 15 is 0 Å². The van der Waals surface area contributed by atoms with Gasteiger partial charge in [-0.3, -0.25) is 9.71 Å². The van der Waals surface area contributed by atoms with E-state index in [2.05, 4.69) is 14.7 Å². The zero-order chi connectivity index (χ0) is 19.6. The molecule has 0 aliphatic heterocycles. The van der Waals surface area contributed by atoms with Gasteiger partial charge in [0.1, 0.15) is 5.75 Å². The Labute approximate surface area is 159 Å². The van der Waals surface area contributed by atoms with E-state index in [4.69, 9.17) is 4.74 Å². The zero-order valence-electron chi connectivity index (χ0n) is 15.6. The minimum Gasteiger partial charge on any atom is -0.437 e. The van der Waals surface area contributed by atoms with Gasteiger partial charge >= 0.3 is 0 Å². The van der Waals surface area contributed by atoms with Crippen molar-refractivity contribution in [1.82, 2.24) is 9.97 Å². The van der Waals surface area contributed by atoms with E-state index in [1.54, 1.807) is 30.5 Å². The molecule has 0 bridgehead atoms. The van der Waals surface area contributed by atoms with E-state index in [-0.39, 0.29) is 0 Å². The van der Waals surface area contributed by atoms with Crippen LogP contribution in [0, 0.1) is 27.7 Å². The number of hydrogen-bond acceptors (Lipinski definition) is 5. The van der Waals surface area contributed by atoms with Crippen LogP contribution in [0.1, 0.15) is 22.3 Å². The van der Waals surface area contributed by atoms with Gasteiger partial charge < -0.3 is 4.74 Å². The van der Waals surface area contributed by atoms with Crippen molar-refractivity contribution in [3.63, 3.8) is 0 Å². The first-order valence-corrected chi connectivity index (χ1v) is 9.90. The fourth-order valence-electron chi connectivity index (χ4n) is 2.87. The third kappa shape index (κ3) is 4.09. The topological polar surface area (TPSA) is 81.2 Å². The molecule has 0 aliphatic carbocycles. The molecule has 2 aromatic carbocycles. The summed E-state index contributed by atoms with van der Waals surface area (Å²) in [6.07, 6.45) is 4.55. The predicted molar refractivity (Wildman–Crippen MR) is 105 cm³/mol. The average molecular weight is 383 g/mol. The molecule has 0 fully saturated rings. The van der Waals surface area contributed by atoms with Gasteiger partial charge in [0, 0.05) is 18.5 Å². The summed E-state index contributed by atoms with van der Waals surface area (Å²) in [4.78, 5) is 8.30. The normalized spacial score (nSPS) is 11.3. The van der Waals surface area contributed by atoms with Crippen molar-refractivity contribution in [3.05, 3.63) is 71.2 Å². The predicted octanol–water partition coefficient (Wildman–Crippen LogP) is 4.30. The van der Waals surface area contributed by atoms with Gasteiger partial charge in [0.05, 0.1) is 16.8 Å². The highest BCUT2D eigenvalue weighted by atomic mass is 32.2. The van der Waals surface area contributed by atoms with E-state index in [0.29, 0.717) is 22.2 Å². The second-order valence-corrected chi connectivity index (χ2v) is 7.99. The molecule has 1 N–H and O–H groups in total. The van der Waals surface area contributed by atoms with Crippen molar-refractivity contribution >= 4 is 15.7 Å². The van der Waals surface area contributed by atoms with Gasteiger partial charge in [0.2, 0.25) is 5.88 Å². The van der Waals surface area contributed by atoms with Crippen LogP contribution in [0.3, 0.4) is 0 Å². The van der Waals surface area contributed by atoms with E-state index < -0.39 is 10.0 Å². The van der Waals surface area contributed by atoms with Crippen LogP contribution in [0.2, 0.25) is 0 Å². The second kappa shape index (κ2) is 7.36. The summed E-state index contributed by atoms with van der Waals surface area (Å²) in [6.45, 7) is 7.47. The minimum atomic E-state index is -3.74. The monoisotopic (exact) mass is 383 g/mol. The molecule has 1 heterocycles. The van der Waals surface area contributed by atoms with E-state index in [1.807, 2.05) is 33.8 Å². The molecule has 0 saturated heterocycles. The first kappa shape index (κ1) is 18.8. The number of nitrogens with zero attached hydrogens (tertiary/aromatic N) is 2. The number of sulfonamides is 1. The SMILES string of the molecule is Cc1cc(C)c(C)c(S(=O)(=O)Nc2cccc(Oc3cnccn3)c2)c1C. The van der Waals surface area contributed by atoms with Gasteiger partial charge in [0.15, 0.2) is 0 Å². The number of ether oxygens (including phenoxy) is 1. The Bertz CT molecular complexity index is 1050. The summed E-state index contributed by atoms with van der Waals surface area (Å²) in [5.74, 6) is 0.795. The number of benzene rings is 2. The standard InChI is InChI=1S/C20H21N3O3S/c1-13-10-14(2)16(4)20(15(13)3)27(24,25)23-17-6-5-7-18(11-17)26-19-12-21-8-9-22-19/h5-12,23H,1-4H3. The van der Waals surface area contributed by atoms with Crippen molar-refractivity contribution in [1.29, 1.82) is 0 Å². The Balaban J connectivity index is 1.93. The van der Waals surface area contributed by atoms with Gasteiger partial charge in [-0.25, -0.2) is 13.4 Å². The van der Waals surface area contributed by atoms with Crippen LogP contribution in [-0.4, -0.2) is 18.4 Å². The van der Waals surface area contributed by atoms with Crippen LogP contribution in [0.15, 0.2) is 53.8 Å². The van der Waals surface area contributed by atoms with Gasteiger partial charge in [-0.05, 0) is 62.1 Å². The van der Waals surface area contributed by atoms with Crippen LogP contribution in [-0.2, 0) is 10.0 Å². The summed E-state index contributed by atoms with van der Waals surface area (Å²) in [7, 11) is -3.74. The molecule has 6 nitrogen and oxygen atoms in total. The number of hydrogen-bond donors (Lipinski definition) is 1. The van der Waals surface area contributed by atoms with Crippen molar-refractivity contribution in [2.24, 2.45) is 0 Å². The first-order valence-electron chi connectivity index (χ1n) is 8.42. The first-order chi connectivity index (χ1) is 12.8. The molecule has 0 amide bonds. The number of nitrogens with one attached hydrogen (secondary N) is 1. The molecule has 0 spiro atoms. The quantitative estimate of drug-likeness (QED) is 0.710. The molecule has 0 atom stereocenters. The van der Waals surface area contributed by atoms with Crippen LogP contribution in [0.4, 0.5) is 5.69 Å². The van der Waals surface area contributed by atoms with E-state index in [9.17, 15) is 8.42 Å². The zero-order valence-corrected chi connectivity index (χ0v) is 16.5. The van der Waals surface area contributed by atoms with Crippen LogP contribution in [0.25, 0.3) is 0 Å². The molecular weight excluding hydrogens is 362 g/mol. The van der Waals surface area contributed by atoms with E-state index in [0.717, 1.165) is 22.3 Å². The molecule has 3 aromatic rings. The smallest absolute Gasteiger partial charge is 0.262 e. The molecular formula is C20H21N3O3S. The molecule has 1 aromatic heterocycles. The van der Waals surface area contributed by atoms with E-state index in [1.165, 1.54) is 12.4 Å². The lowest BCUT2D eigenvalue weighted by atomic mass is 10.0. The fraction of sp³-hybridized carbons (Fsp3) is 0.200. The van der Waals surface area contributed by atoms with Gasteiger partial charge in [-0.2, -0.15) is 0 Å². The Kier molecular flexibility index (Phi) is 5.14. The maximum absolute atomic E-state index is 13.0. The van der Waals surface area contributed by atoms with Crippen LogP contribution in [0.5, 0.6) is 11.6 Å². The number of aromatic nitrogens is 2. The summed E-state index contributed by atoms with van der Waals surface area (Å²) >= 11 is 0. The summed E-state index contributed by atoms with van der Waals surface area (Å²) in [5.41, 5.74) is 3.79. The third-order valence-electron chi connectivity index (χ3n) is 4.41. The van der Waals surface area contributed by atoms with Crippen molar-refractivity contribution < 1.29 is 13.2 Å². The largest absolute Gasteiger partial charge is 0.437 e. The number of rotatable bonds is 5. The average Bonchev–Trinajstić information content (AvgIpc) is 2.61. The summed E-state index contributed by atoms with van der Waals surface area (Å²) in [6, 6.07) is 8.72. The minimum absolute atomic E-state index is 0.320.